The SMILES string of the molecule is C1CCNCC1.C1CNCCN1.O=C(Nc1cc(Cl)cnc1Cl)c1cccc(Cl)c1.O=C(Nc1cc(Cl)cnc1N1CCN(CC(=O)N2CCCCC2)CC1)c1cccc(Cl)c1.O=C(Nc1cc(Cl)cnc1N1CCNCC1)c1cccc(Cl)c1.O=C(O)CCl.O=C(O)CN1CCN(c2ncc(Cl)cc2NC(=O)c2cccc(Cl)c2)CC1. The zero-order valence-electron chi connectivity index (χ0n) is 63.9. The maximum atomic E-state index is 12.7. The van der Waals surface area contributed by atoms with E-state index in [1.807, 2.05) is 14.7 Å². The summed E-state index contributed by atoms with van der Waals surface area (Å²) < 4.78 is 0. The van der Waals surface area contributed by atoms with Crippen LogP contribution in [0.2, 0.25) is 45.3 Å². The van der Waals surface area contributed by atoms with E-state index < -0.39 is 11.9 Å². The molecule has 0 spiro atoms. The maximum Gasteiger partial charge on any atom is 0.318 e. The highest BCUT2D eigenvalue weighted by molar-refractivity contribution is 6.36. The number of carboxylic acids is 2. The van der Waals surface area contributed by atoms with Crippen molar-refractivity contribution in [3.8, 4) is 0 Å². The van der Waals surface area contributed by atoms with Crippen LogP contribution in [0.3, 0.4) is 0 Å². The molecule has 0 unspecified atom stereocenters. The fourth-order valence-electron chi connectivity index (χ4n) is 12.3. The summed E-state index contributed by atoms with van der Waals surface area (Å²) >= 11 is 58.4. The average Bonchev–Trinajstić information content (AvgIpc) is 0.839. The van der Waals surface area contributed by atoms with E-state index in [4.69, 9.17) is 126 Å². The van der Waals surface area contributed by atoms with Crippen molar-refractivity contribution in [1.82, 2.24) is 55.9 Å². The topological polar surface area (TPSA) is 327 Å². The monoisotopic (exact) mass is 1800 g/mol. The van der Waals surface area contributed by atoms with Crippen LogP contribution in [-0.4, -0.2) is 236 Å². The van der Waals surface area contributed by atoms with Crippen LogP contribution in [0.25, 0.3) is 0 Å². The third-order valence-electron chi connectivity index (χ3n) is 18.1. The molecular weight excluding hydrogens is 1710 g/mol. The smallest absolute Gasteiger partial charge is 0.318 e. The summed E-state index contributed by atoms with van der Waals surface area (Å²) in [7, 11) is 0. The lowest BCUT2D eigenvalue weighted by Gasteiger charge is -2.37. The van der Waals surface area contributed by atoms with E-state index in [9.17, 15) is 33.6 Å². The summed E-state index contributed by atoms with van der Waals surface area (Å²) in [6.45, 7) is 18.0. The van der Waals surface area contributed by atoms with Crippen LogP contribution in [0.5, 0.6) is 0 Å². The number of carbonyl (C=O) groups excluding carboxylic acids is 5. The Morgan fingerprint density at radius 2 is 0.641 bits per heavy atom. The highest BCUT2D eigenvalue weighted by Crippen LogP contribution is 2.32. The molecule has 0 saturated carbocycles. The Bertz CT molecular complexity index is 4540. The number of pyridine rings is 4. The van der Waals surface area contributed by atoms with E-state index in [2.05, 4.69) is 77.2 Å². The molecule has 10 heterocycles. The first-order valence-electron chi connectivity index (χ1n) is 37.7. The van der Waals surface area contributed by atoms with Crippen molar-refractivity contribution < 1.29 is 43.8 Å². The van der Waals surface area contributed by atoms with E-state index in [0.29, 0.717) is 143 Å². The lowest BCUT2D eigenvalue weighted by molar-refractivity contribution is -0.138. The van der Waals surface area contributed by atoms with Gasteiger partial charge in [0.25, 0.3) is 23.6 Å². The average molecular weight is 1800 g/mol. The molecule has 5 amide bonds. The Balaban J connectivity index is 0.000000184. The standard InChI is InChI=1S/C23H27Cl2N5O2.C18H18Cl2N4O3.C16H16Cl2N4O.C12H7Cl3N2O.C5H11N.C4H10N2.C2H3ClO2/c24-18-6-4-5-17(13-18)23(32)27-20-14-19(25)15-26-22(20)30-11-9-28(10-12-30)16-21(31)29-7-2-1-3-8-29;19-13-3-1-2-12(8-13)18(27)22-15-9-14(20)10-21-17(15)24-6-4-23(5-7-24)11-16(25)26;17-12-3-1-2-11(8-12)16(23)21-14-9-13(18)10-20-15(14)22-6-4-19-5-7-22;13-8-3-1-2-7(4-8)12(18)17-10-5-9(14)6-16-11(10)15;1-2-4-6-5-3-1;1-2-6-4-3-5-1;3-1-2(4)5/h4-6,13-15H,1-3,7-12,16H2,(H,27,32);1-3,8-10H,4-7,11H2,(H,22,27)(H,25,26);1-3,8-10,19H,4-7H2,(H,21,23);1-6H,(H,17,18);6H,1-5H2;5-6H,1-4H2;1H2,(H,4,5). The van der Waals surface area contributed by atoms with Gasteiger partial charge in [0.1, 0.15) is 5.88 Å². The molecule has 0 radical (unpaired) electrons. The number of rotatable bonds is 16. The number of aromatic nitrogens is 4. The number of anilines is 7. The second-order valence-corrected chi connectivity index (χ2v) is 31.0. The first-order chi connectivity index (χ1) is 56.4. The van der Waals surface area contributed by atoms with Gasteiger partial charge in [-0.1, -0.05) is 135 Å². The predicted molar refractivity (Wildman–Crippen MR) is 471 cm³/mol. The molecule has 37 heteroatoms. The van der Waals surface area contributed by atoms with E-state index in [0.717, 1.165) is 97.2 Å². The number of likely N-dealkylation sites (tertiary alicyclic amines) is 1. The molecule has 10 N–H and O–H groups in total. The minimum absolute atomic E-state index is 0.0141. The van der Waals surface area contributed by atoms with Gasteiger partial charge >= 0.3 is 11.9 Å². The number of piperidine rings is 2. The van der Waals surface area contributed by atoms with Gasteiger partial charge in [-0.25, -0.2) is 19.9 Å². The molecule has 4 aromatic carbocycles. The van der Waals surface area contributed by atoms with Crippen molar-refractivity contribution in [2.24, 2.45) is 0 Å². The van der Waals surface area contributed by atoms with Crippen molar-refractivity contribution in [2.75, 3.05) is 186 Å². The Morgan fingerprint density at radius 1 is 0.333 bits per heavy atom. The first-order valence-corrected chi connectivity index (χ1v) is 41.7. The molecule has 6 aliphatic rings. The zero-order valence-corrected chi connectivity index (χ0v) is 71.4. The number of halogens is 10. The minimum Gasteiger partial charge on any atom is -0.480 e. The lowest BCUT2D eigenvalue weighted by atomic mass is 10.1. The van der Waals surface area contributed by atoms with E-state index in [-0.39, 0.29) is 47.1 Å². The summed E-state index contributed by atoms with van der Waals surface area (Å²) in [5.41, 5.74) is 3.82. The number of piperazine rings is 4. The largest absolute Gasteiger partial charge is 0.480 e. The lowest BCUT2D eigenvalue weighted by Crippen LogP contribution is -2.51. The molecule has 0 atom stereocenters. The van der Waals surface area contributed by atoms with Crippen LogP contribution >= 0.6 is 116 Å². The second kappa shape index (κ2) is 50.7. The fourth-order valence-corrected chi connectivity index (χ4v) is 13.8. The van der Waals surface area contributed by atoms with Crippen molar-refractivity contribution in [3.63, 3.8) is 0 Å². The molecule has 6 aliphatic heterocycles. The van der Waals surface area contributed by atoms with E-state index in [1.165, 1.54) is 57.2 Å². The van der Waals surface area contributed by atoms with Gasteiger partial charge in [-0.05, 0) is 142 Å². The second-order valence-electron chi connectivity index (χ2n) is 26.9. The number of amides is 5. The van der Waals surface area contributed by atoms with Gasteiger partial charge in [-0.15, -0.1) is 11.6 Å². The van der Waals surface area contributed by atoms with Gasteiger partial charge in [0.2, 0.25) is 5.91 Å². The number of aliphatic carboxylic acids is 2. The van der Waals surface area contributed by atoms with Gasteiger partial charge in [0.05, 0.1) is 55.9 Å². The molecule has 6 fully saturated rings. The van der Waals surface area contributed by atoms with E-state index in [1.54, 1.807) is 128 Å². The number of hydrogen-bond donors (Lipinski definition) is 10. The number of alkyl halides is 1. The number of nitrogens with zero attached hydrogens (tertiary/aromatic N) is 10. The summed E-state index contributed by atoms with van der Waals surface area (Å²) in [4.78, 5) is 112. The van der Waals surface area contributed by atoms with Crippen LogP contribution in [0, 0.1) is 0 Å². The zero-order chi connectivity index (χ0) is 84.0. The molecule has 6 saturated heterocycles. The van der Waals surface area contributed by atoms with Crippen molar-refractivity contribution in [2.45, 2.75) is 38.5 Å². The van der Waals surface area contributed by atoms with Gasteiger partial charge < -0.3 is 72.3 Å². The third kappa shape index (κ3) is 33.5. The molecule has 626 valence electrons. The molecular formula is C80H92Cl10N18O9. The minimum atomic E-state index is -0.980. The molecule has 0 bridgehead atoms. The third-order valence-corrected chi connectivity index (χ3v) is 20.4. The molecule has 14 rings (SSSR count). The normalized spacial score (nSPS) is 15.4. The molecule has 8 aromatic rings. The number of carboxylic acid groups (broad SMARTS) is 2. The Morgan fingerprint density at radius 3 is 0.957 bits per heavy atom. The number of benzene rings is 4. The number of nitrogens with one attached hydrogen (secondary N) is 8. The molecule has 4 aromatic heterocycles. The fraction of sp³-hybridized carbons (Fsp3) is 0.362. The summed E-state index contributed by atoms with van der Waals surface area (Å²) in [6.07, 6.45) is 13.7. The number of hydrogen-bond acceptors (Lipinski definition) is 20. The quantitative estimate of drug-likeness (QED) is 0.0317. The summed E-state index contributed by atoms with van der Waals surface area (Å²) in [5, 5.41) is 44.7. The Hall–Kier alpha value is -8.17. The highest BCUT2D eigenvalue weighted by Gasteiger charge is 2.28. The van der Waals surface area contributed by atoms with Crippen LogP contribution in [0.1, 0.15) is 80.0 Å². The van der Waals surface area contributed by atoms with Gasteiger partial charge in [-0.2, -0.15) is 0 Å². The van der Waals surface area contributed by atoms with Crippen LogP contribution in [0.4, 0.5) is 40.2 Å². The summed E-state index contributed by atoms with van der Waals surface area (Å²) in [5.74, 6) is -1.07. The van der Waals surface area contributed by atoms with Crippen molar-refractivity contribution in [3.05, 3.63) is 214 Å². The summed E-state index contributed by atoms with van der Waals surface area (Å²) in [6, 6.07) is 33.4. The highest BCUT2D eigenvalue weighted by atomic mass is 35.5. The Labute approximate surface area is 730 Å². The van der Waals surface area contributed by atoms with Crippen molar-refractivity contribution >= 4 is 198 Å². The van der Waals surface area contributed by atoms with E-state index >= 15 is 0 Å². The van der Waals surface area contributed by atoms with Crippen LogP contribution < -0.4 is 57.2 Å². The van der Waals surface area contributed by atoms with Gasteiger partial charge in [0.15, 0.2) is 22.6 Å². The predicted octanol–water partition coefficient (Wildman–Crippen LogP) is 14.2. The van der Waals surface area contributed by atoms with Crippen molar-refractivity contribution in [1.29, 1.82) is 0 Å². The first kappa shape index (κ1) is 94.3. The molecule has 27 nitrogen and oxygen atoms in total. The molecule has 0 aliphatic carbocycles. The molecule has 117 heavy (non-hydrogen) atoms. The maximum absolute atomic E-state index is 12.7. The van der Waals surface area contributed by atoms with Crippen LogP contribution in [-0.2, 0) is 14.4 Å². The van der Waals surface area contributed by atoms with Gasteiger partial charge in [-0.3, -0.25) is 43.4 Å². The Kier molecular flexibility index (Phi) is 40.9. The van der Waals surface area contributed by atoms with Gasteiger partial charge in [0, 0.05) is 185 Å². The number of carbonyl (C=O) groups is 7. The van der Waals surface area contributed by atoms with Crippen LogP contribution in [0.15, 0.2) is 146 Å².